The number of hydrazine groups is 1. The Morgan fingerprint density at radius 3 is 2.48 bits per heavy atom. The lowest BCUT2D eigenvalue weighted by atomic mass is 10.1. The molecule has 1 aliphatic heterocycles. The summed E-state index contributed by atoms with van der Waals surface area (Å²) in [5.74, 6) is -0.307. The standard InChI is InChI=1S/C17H21F3N2O3/c1-3-4-5-13-11-16(24,17(18,19)20)22(21-13)15(23)10-12-6-8-14(25-2)9-7-12/h6-9,11,21,24H,3-5,10H2,1-2H3/t16-/m1/s1. The molecule has 0 fully saturated rings. The van der Waals surface area contributed by atoms with Crippen LogP contribution >= 0.6 is 0 Å². The van der Waals surface area contributed by atoms with Gasteiger partial charge in [0.15, 0.2) is 0 Å². The van der Waals surface area contributed by atoms with Crippen molar-refractivity contribution in [1.82, 2.24) is 10.4 Å². The van der Waals surface area contributed by atoms with Crippen molar-refractivity contribution in [3.63, 3.8) is 0 Å². The van der Waals surface area contributed by atoms with Crippen LogP contribution in [-0.2, 0) is 11.2 Å². The number of ether oxygens (including phenoxy) is 1. The minimum Gasteiger partial charge on any atom is -0.497 e. The Kier molecular flexibility index (Phi) is 5.62. The molecule has 1 aromatic carbocycles. The summed E-state index contributed by atoms with van der Waals surface area (Å²) >= 11 is 0. The van der Waals surface area contributed by atoms with Gasteiger partial charge in [-0.3, -0.25) is 10.2 Å². The zero-order chi connectivity index (χ0) is 18.7. The van der Waals surface area contributed by atoms with Crippen molar-refractivity contribution in [2.45, 2.75) is 44.5 Å². The fourth-order valence-corrected chi connectivity index (χ4v) is 2.52. The van der Waals surface area contributed by atoms with Crippen LogP contribution in [0.2, 0.25) is 0 Å². The smallest absolute Gasteiger partial charge is 0.442 e. The molecule has 0 spiro atoms. The van der Waals surface area contributed by atoms with Gasteiger partial charge in [-0.2, -0.15) is 13.2 Å². The fraction of sp³-hybridized carbons (Fsp3) is 0.471. The van der Waals surface area contributed by atoms with Gasteiger partial charge in [0.2, 0.25) is 5.91 Å². The summed E-state index contributed by atoms with van der Waals surface area (Å²) in [5, 5.41) is 10.4. The molecule has 1 aliphatic rings. The molecule has 1 amide bonds. The SMILES string of the molecule is CCCCC1=C[C@@](O)(C(F)(F)F)N(C(=O)Cc2ccc(OC)cc2)N1. The number of carbonyl (C=O) groups excluding carboxylic acids is 1. The molecule has 0 radical (unpaired) electrons. The number of hydrogen-bond donors (Lipinski definition) is 2. The second-order valence-corrected chi connectivity index (χ2v) is 5.86. The van der Waals surface area contributed by atoms with Gasteiger partial charge in [-0.25, -0.2) is 5.01 Å². The number of nitrogens with zero attached hydrogens (tertiary/aromatic N) is 1. The number of allylic oxidation sites excluding steroid dienone is 1. The Labute approximate surface area is 144 Å². The highest BCUT2D eigenvalue weighted by molar-refractivity contribution is 5.80. The van der Waals surface area contributed by atoms with Crippen molar-refractivity contribution in [1.29, 1.82) is 0 Å². The Balaban J connectivity index is 2.18. The van der Waals surface area contributed by atoms with E-state index >= 15 is 0 Å². The number of halogens is 3. The largest absolute Gasteiger partial charge is 0.497 e. The van der Waals surface area contributed by atoms with Gasteiger partial charge in [0.05, 0.1) is 13.5 Å². The highest BCUT2D eigenvalue weighted by Crippen LogP contribution is 2.38. The van der Waals surface area contributed by atoms with Crippen LogP contribution in [0.25, 0.3) is 0 Å². The van der Waals surface area contributed by atoms with Crippen LogP contribution in [0.1, 0.15) is 31.7 Å². The van der Waals surface area contributed by atoms with E-state index in [1.807, 2.05) is 6.92 Å². The molecule has 25 heavy (non-hydrogen) atoms. The summed E-state index contributed by atoms with van der Waals surface area (Å²) in [7, 11) is 1.49. The number of carbonyl (C=O) groups is 1. The van der Waals surface area contributed by atoms with Crippen LogP contribution in [0.5, 0.6) is 5.75 Å². The quantitative estimate of drug-likeness (QED) is 0.821. The van der Waals surface area contributed by atoms with Gasteiger partial charge in [0.25, 0.3) is 5.72 Å². The van der Waals surface area contributed by atoms with Gasteiger partial charge in [-0.05, 0) is 36.6 Å². The van der Waals surface area contributed by atoms with Gasteiger partial charge in [0.1, 0.15) is 5.75 Å². The summed E-state index contributed by atoms with van der Waals surface area (Å²) < 4.78 is 45.0. The number of aliphatic hydroxyl groups is 1. The van der Waals surface area contributed by atoms with Crippen LogP contribution in [0.3, 0.4) is 0 Å². The van der Waals surface area contributed by atoms with Crippen molar-refractivity contribution in [2.75, 3.05) is 7.11 Å². The molecule has 1 heterocycles. The molecule has 2 rings (SSSR count). The average molecular weight is 358 g/mol. The van der Waals surface area contributed by atoms with E-state index in [0.717, 1.165) is 6.42 Å². The number of alkyl halides is 3. The molecule has 0 bridgehead atoms. The lowest BCUT2D eigenvalue weighted by Gasteiger charge is -2.33. The van der Waals surface area contributed by atoms with Crippen LogP contribution < -0.4 is 10.2 Å². The Hall–Kier alpha value is -2.22. The summed E-state index contributed by atoms with van der Waals surface area (Å²) in [5.41, 5.74) is -0.234. The van der Waals surface area contributed by atoms with Crippen LogP contribution in [0, 0.1) is 0 Å². The first-order chi connectivity index (χ1) is 11.7. The van der Waals surface area contributed by atoms with Crippen molar-refractivity contribution in [3.05, 3.63) is 41.6 Å². The number of unbranched alkanes of at least 4 members (excludes halogenated alkanes) is 1. The molecular weight excluding hydrogens is 337 g/mol. The van der Waals surface area contributed by atoms with E-state index in [9.17, 15) is 23.1 Å². The van der Waals surface area contributed by atoms with Crippen LogP contribution in [-0.4, -0.2) is 35.0 Å². The van der Waals surface area contributed by atoms with E-state index in [4.69, 9.17) is 4.74 Å². The number of hydrogen-bond acceptors (Lipinski definition) is 4. The molecule has 0 aromatic heterocycles. The number of benzene rings is 1. The van der Waals surface area contributed by atoms with Gasteiger partial charge in [-0.1, -0.05) is 25.5 Å². The van der Waals surface area contributed by atoms with E-state index in [2.05, 4.69) is 5.43 Å². The lowest BCUT2D eigenvalue weighted by Crippen LogP contribution is -2.60. The van der Waals surface area contributed by atoms with Crippen LogP contribution in [0.4, 0.5) is 13.2 Å². The third-order valence-electron chi connectivity index (χ3n) is 3.95. The maximum atomic E-state index is 13.3. The highest BCUT2D eigenvalue weighted by Gasteiger charge is 2.61. The monoisotopic (exact) mass is 358 g/mol. The van der Waals surface area contributed by atoms with Gasteiger partial charge in [0, 0.05) is 5.70 Å². The number of nitrogens with one attached hydrogen (secondary N) is 1. The van der Waals surface area contributed by atoms with E-state index in [0.29, 0.717) is 30.2 Å². The molecule has 1 aromatic rings. The van der Waals surface area contributed by atoms with E-state index in [-0.39, 0.29) is 17.1 Å². The zero-order valence-electron chi connectivity index (χ0n) is 14.1. The molecule has 1 atom stereocenters. The molecule has 0 saturated carbocycles. The number of methoxy groups -OCH3 is 1. The van der Waals surface area contributed by atoms with Gasteiger partial charge >= 0.3 is 6.18 Å². The summed E-state index contributed by atoms with van der Waals surface area (Å²) in [6, 6.07) is 6.40. The summed E-state index contributed by atoms with van der Waals surface area (Å²) in [6.45, 7) is 1.90. The maximum absolute atomic E-state index is 13.3. The molecule has 5 nitrogen and oxygen atoms in total. The molecule has 0 aliphatic carbocycles. The minimum absolute atomic E-state index is 0.185. The minimum atomic E-state index is -5.01. The maximum Gasteiger partial charge on any atom is 0.442 e. The van der Waals surface area contributed by atoms with Crippen molar-refractivity contribution >= 4 is 5.91 Å². The Morgan fingerprint density at radius 1 is 1.32 bits per heavy atom. The fourth-order valence-electron chi connectivity index (χ4n) is 2.52. The Morgan fingerprint density at radius 2 is 1.96 bits per heavy atom. The molecule has 2 N–H and O–H groups in total. The van der Waals surface area contributed by atoms with E-state index in [1.165, 1.54) is 7.11 Å². The normalized spacial score (nSPS) is 20.2. The molecule has 0 unspecified atom stereocenters. The predicted molar refractivity (Wildman–Crippen MR) is 85.3 cm³/mol. The summed E-state index contributed by atoms with van der Waals surface area (Å²) in [6.07, 6.45) is -2.87. The van der Waals surface area contributed by atoms with Crippen LogP contribution in [0.15, 0.2) is 36.0 Å². The second kappa shape index (κ2) is 7.35. The van der Waals surface area contributed by atoms with Gasteiger partial charge < -0.3 is 9.84 Å². The highest BCUT2D eigenvalue weighted by atomic mass is 19.4. The summed E-state index contributed by atoms with van der Waals surface area (Å²) in [4.78, 5) is 12.4. The molecule has 0 saturated heterocycles. The van der Waals surface area contributed by atoms with Crippen molar-refractivity contribution in [2.24, 2.45) is 0 Å². The molecule has 138 valence electrons. The second-order valence-electron chi connectivity index (χ2n) is 5.86. The average Bonchev–Trinajstić information content (AvgIpc) is 2.91. The van der Waals surface area contributed by atoms with Crippen molar-refractivity contribution < 1.29 is 27.8 Å². The molecule has 8 heteroatoms. The zero-order valence-corrected chi connectivity index (χ0v) is 14.1. The first-order valence-electron chi connectivity index (χ1n) is 7.94. The topological polar surface area (TPSA) is 61.8 Å². The third-order valence-corrected chi connectivity index (χ3v) is 3.95. The first kappa shape index (κ1) is 19.1. The number of amides is 1. The third kappa shape index (κ3) is 4.07. The van der Waals surface area contributed by atoms with Gasteiger partial charge in [-0.15, -0.1) is 0 Å². The number of rotatable bonds is 6. The Bertz CT molecular complexity index is 644. The van der Waals surface area contributed by atoms with Crippen molar-refractivity contribution in [3.8, 4) is 5.75 Å². The van der Waals surface area contributed by atoms with E-state index < -0.39 is 17.8 Å². The van der Waals surface area contributed by atoms with E-state index in [1.54, 1.807) is 24.3 Å². The predicted octanol–water partition coefficient (Wildman–Crippen LogP) is 2.91. The molecular formula is C17H21F3N2O3. The first-order valence-corrected chi connectivity index (χ1v) is 7.94. The lowest BCUT2D eigenvalue weighted by molar-refractivity contribution is -0.288.